The van der Waals surface area contributed by atoms with Crippen molar-refractivity contribution in [3.8, 4) is 5.75 Å². The van der Waals surface area contributed by atoms with Crippen LogP contribution < -0.4 is 10.5 Å². The molecule has 1 aliphatic heterocycles. The van der Waals surface area contributed by atoms with Crippen molar-refractivity contribution in [2.24, 2.45) is 5.73 Å². The normalized spacial score (nSPS) is 17.7. The molecule has 2 rings (SSSR count). The molecule has 0 saturated carbocycles. The van der Waals surface area contributed by atoms with Gasteiger partial charge < -0.3 is 15.4 Å². The molecular formula is C17H27ClN2O2. The Labute approximate surface area is 139 Å². The molecule has 0 spiro atoms. The van der Waals surface area contributed by atoms with Crippen molar-refractivity contribution in [2.45, 2.75) is 45.1 Å². The summed E-state index contributed by atoms with van der Waals surface area (Å²) in [6.07, 6.45) is 4.44. The van der Waals surface area contributed by atoms with E-state index in [0.717, 1.165) is 44.5 Å². The quantitative estimate of drug-likeness (QED) is 0.818. The number of halogens is 1. The summed E-state index contributed by atoms with van der Waals surface area (Å²) in [5.74, 6) is 1.14. The average Bonchev–Trinajstić information content (AvgIpc) is 2.47. The third kappa shape index (κ3) is 6.24. The van der Waals surface area contributed by atoms with E-state index in [1.54, 1.807) is 0 Å². The van der Waals surface area contributed by atoms with Crippen LogP contribution in [-0.4, -0.2) is 36.5 Å². The first-order chi connectivity index (χ1) is 10.1. The zero-order chi connectivity index (χ0) is 15.1. The van der Waals surface area contributed by atoms with Gasteiger partial charge in [0.1, 0.15) is 5.75 Å². The van der Waals surface area contributed by atoms with Crippen LogP contribution in [0.5, 0.6) is 5.75 Å². The summed E-state index contributed by atoms with van der Waals surface area (Å²) in [6, 6.07) is 8.20. The van der Waals surface area contributed by atoms with Gasteiger partial charge in [0.25, 0.3) is 0 Å². The number of benzene rings is 1. The molecular weight excluding hydrogens is 300 g/mol. The van der Waals surface area contributed by atoms with Gasteiger partial charge in [-0.15, -0.1) is 12.4 Å². The maximum absolute atomic E-state index is 12.1. The molecule has 0 bridgehead atoms. The number of aryl methyl sites for hydroxylation is 1. The Morgan fingerprint density at radius 2 is 2.23 bits per heavy atom. The molecule has 5 heteroatoms. The van der Waals surface area contributed by atoms with Gasteiger partial charge in [-0.3, -0.25) is 4.79 Å². The van der Waals surface area contributed by atoms with Gasteiger partial charge >= 0.3 is 0 Å². The number of ether oxygens (including phenoxy) is 1. The van der Waals surface area contributed by atoms with Crippen LogP contribution in [0.25, 0.3) is 0 Å². The van der Waals surface area contributed by atoms with E-state index in [2.05, 4.69) is 13.0 Å². The minimum absolute atomic E-state index is 0. The number of likely N-dealkylation sites (tertiary alicyclic amines) is 1. The largest absolute Gasteiger partial charge is 0.494 e. The Morgan fingerprint density at radius 3 is 2.95 bits per heavy atom. The van der Waals surface area contributed by atoms with Gasteiger partial charge in [0.05, 0.1) is 6.61 Å². The zero-order valence-corrected chi connectivity index (χ0v) is 14.1. The molecule has 1 atom stereocenters. The molecule has 1 aromatic rings. The van der Waals surface area contributed by atoms with Crippen LogP contribution in [0.1, 0.15) is 37.7 Å². The maximum Gasteiger partial charge on any atom is 0.222 e. The van der Waals surface area contributed by atoms with E-state index < -0.39 is 0 Å². The molecule has 1 fully saturated rings. The summed E-state index contributed by atoms with van der Waals surface area (Å²) in [6.45, 7) is 4.30. The summed E-state index contributed by atoms with van der Waals surface area (Å²) >= 11 is 0. The first-order valence-electron chi connectivity index (χ1n) is 7.88. The Balaban J connectivity index is 0.00000242. The molecule has 2 N–H and O–H groups in total. The minimum atomic E-state index is 0. The summed E-state index contributed by atoms with van der Waals surface area (Å²) in [5, 5.41) is 0. The lowest BCUT2D eigenvalue weighted by molar-refractivity contribution is -0.132. The van der Waals surface area contributed by atoms with Crippen molar-refractivity contribution in [3.63, 3.8) is 0 Å². The zero-order valence-electron chi connectivity index (χ0n) is 13.3. The van der Waals surface area contributed by atoms with Gasteiger partial charge in [-0.05, 0) is 50.3 Å². The lowest BCUT2D eigenvalue weighted by Crippen LogP contribution is -2.45. The van der Waals surface area contributed by atoms with Crippen LogP contribution >= 0.6 is 12.4 Å². The Morgan fingerprint density at radius 1 is 1.41 bits per heavy atom. The highest BCUT2D eigenvalue weighted by Crippen LogP contribution is 2.14. The van der Waals surface area contributed by atoms with Crippen LogP contribution in [0.3, 0.4) is 0 Å². The second-order valence-corrected chi connectivity index (χ2v) is 5.86. The van der Waals surface area contributed by atoms with Crippen LogP contribution in [0.15, 0.2) is 24.3 Å². The van der Waals surface area contributed by atoms with E-state index in [-0.39, 0.29) is 24.4 Å². The van der Waals surface area contributed by atoms with Crippen molar-refractivity contribution in [3.05, 3.63) is 29.8 Å². The summed E-state index contributed by atoms with van der Waals surface area (Å²) < 4.78 is 5.69. The topological polar surface area (TPSA) is 55.6 Å². The average molecular weight is 327 g/mol. The monoisotopic (exact) mass is 326 g/mol. The summed E-state index contributed by atoms with van der Waals surface area (Å²) in [4.78, 5) is 14.0. The molecule has 124 valence electrons. The lowest BCUT2D eigenvalue weighted by Gasteiger charge is -2.30. The van der Waals surface area contributed by atoms with Gasteiger partial charge in [-0.1, -0.05) is 12.1 Å². The fourth-order valence-corrected chi connectivity index (χ4v) is 2.67. The number of nitrogens with two attached hydrogens (primary N) is 1. The third-order valence-electron chi connectivity index (χ3n) is 3.85. The van der Waals surface area contributed by atoms with Crippen molar-refractivity contribution in [1.29, 1.82) is 0 Å². The second kappa shape index (κ2) is 9.70. The minimum Gasteiger partial charge on any atom is -0.494 e. The van der Waals surface area contributed by atoms with Crippen LogP contribution in [0, 0.1) is 6.92 Å². The SMILES string of the molecule is Cc1cccc(OCCCCC(=O)N2CCCC(N)C2)c1.Cl. The molecule has 1 amide bonds. The van der Waals surface area contributed by atoms with E-state index in [9.17, 15) is 4.79 Å². The number of unbranched alkanes of at least 4 members (excludes halogenated alkanes) is 1. The first kappa shape index (κ1) is 18.8. The van der Waals surface area contributed by atoms with Crippen molar-refractivity contribution in [2.75, 3.05) is 19.7 Å². The third-order valence-corrected chi connectivity index (χ3v) is 3.85. The maximum atomic E-state index is 12.1. The molecule has 1 aromatic carbocycles. The van der Waals surface area contributed by atoms with Crippen molar-refractivity contribution >= 4 is 18.3 Å². The molecule has 1 aliphatic rings. The summed E-state index contributed by atoms with van der Waals surface area (Å²) in [5.41, 5.74) is 7.10. The van der Waals surface area contributed by atoms with Crippen LogP contribution in [0.4, 0.5) is 0 Å². The molecule has 22 heavy (non-hydrogen) atoms. The Hall–Kier alpha value is -1.26. The number of carbonyl (C=O) groups excluding carboxylic acids is 1. The van der Waals surface area contributed by atoms with E-state index in [0.29, 0.717) is 13.0 Å². The Kier molecular flexibility index (Phi) is 8.28. The molecule has 1 unspecified atom stereocenters. The fraction of sp³-hybridized carbons (Fsp3) is 0.588. The highest BCUT2D eigenvalue weighted by molar-refractivity contribution is 5.85. The molecule has 1 heterocycles. The van der Waals surface area contributed by atoms with Crippen molar-refractivity contribution < 1.29 is 9.53 Å². The number of carbonyl (C=O) groups is 1. The lowest BCUT2D eigenvalue weighted by atomic mass is 10.1. The van der Waals surface area contributed by atoms with Gasteiger partial charge in [0.15, 0.2) is 0 Å². The van der Waals surface area contributed by atoms with E-state index in [1.807, 2.05) is 23.1 Å². The molecule has 0 aromatic heterocycles. The van der Waals surface area contributed by atoms with Crippen LogP contribution in [0.2, 0.25) is 0 Å². The Bertz CT molecular complexity index is 468. The summed E-state index contributed by atoms with van der Waals surface area (Å²) in [7, 11) is 0. The number of piperidine rings is 1. The van der Waals surface area contributed by atoms with E-state index in [4.69, 9.17) is 10.5 Å². The van der Waals surface area contributed by atoms with Gasteiger partial charge in [0.2, 0.25) is 5.91 Å². The van der Waals surface area contributed by atoms with Crippen molar-refractivity contribution in [1.82, 2.24) is 4.90 Å². The highest BCUT2D eigenvalue weighted by atomic mass is 35.5. The van der Waals surface area contributed by atoms with Gasteiger partial charge in [-0.25, -0.2) is 0 Å². The number of amides is 1. The molecule has 4 nitrogen and oxygen atoms in total. The molecule has 0 aliphatic carbocycles. The number of hydrogen-bond acceptors (Lipinski definition) is 3. The number of hydrogen-bond donors (Lipinski definition) is 1. The van der Waals surface area contributed by atoms with Gasteiger partial charge in [0, 0.05) is 25.6 Å². The predicted molar refractivity (Wildman–Crippen MR) is 91.6 cm³/mol. The van der Waals surface area contributed by atoms with E-state index >= 15 is 0 Å². The molecule has 1 saturated heterocycles. The fourth-order valence-electron chi connectivity index (χ4n) is 2.67. The van der Waals surface area contributed by atoms with Gasteiger partial charge in [-0.2, -0.15) is 0 Å². The second-order valence-electron chi connectivity index (χ2n) is 5.86. The number of nitrogens with zero attached hydrogens (tertiary/aromatic N) is 1. The number of rotatable bonds is 6. The van der Waals surface area contributed by atoms with E-state index in [1.165, 1.54) is 5.56 Å². The standard InChI is InChI=1S/C17H26N2O2.ClH/c1-14-6-4-8-16(12-14)21-11-3-2-9-17(20)19-10-5-7-15(18)13-19;/h4,6,8,12,15H,2-3,5,7,9-11,13,18H2,1H3;1H. The molecule has 0 radical (unpaired) electrons. The highest BCUT2D eigenvalue weighted by Gasteiger charge is 2.20. The smallest absolute Gasteiger partial charge is 0.222 e. The first-order valence-corrected chi connectivity index (χ1v) is 7.88. The predicted octanol–water partition coefficient (Wildman–Crippen LogP) is 2.92. The van der Waals surface area contributed by atoms with Crippen LogP contribution in [-0.2, 0) is 4.79 Å².